The predicted octanol–water partition coefficient (Wildman–Crippen LogP) is 1.84. The van der Waals surface area contributed by atoms with Crippen LogP contribution in [0.2, 0.25) is 0 Å². The zero-order valence-electron chi connectivity index (χ0n) is 18.0. The van der Waals surface area contributed by atoms with Crippen molar-refractivity contribution in [2.45, 2.75) is 64.1 Å². The van der Waals surface area contributed by atoms with Gasteiger partial charge in [0.1, 0.15) is 6.04 Å². The molecule has 2 amide bonds. The van der Waals surface area contributed by atoms with Gasteiger partial charge in [0, 0.05) is 48.7 Å². The molecule has 0 radical (unpaired) electrons. The Morgan fingerprint density at radius 2 is 2.06 bits per heavy atom. The van der Waals surface area contributed by atoms with Crippen LogP contribution in [-0.2, 0) is 16.1 Å². The highest BCUT2D eigenvalue weighted by Crippen LogP contribution is 2.51. The summed E-state index contributed by atoms with van der Waals surface area (Å²) in [6, 6.07) is 2.85. The van der Waals surface area contributed by atoms with Gasteiger partial charge < -0.3 is 19.9 Å². The van der Waals surface area contributed by atoms with Gasteiger partial charge in [-0.1, -0.05) is 13.0 Å². The molecule has 7 nitrogen and oxygen atoms in total. The summed E-state index contributed by atoms with van der Waals surface area (Å²) >= 11 is 0. The molecule has 2 aliphatic heterocycles. The third kappa shape index (κ3) is 3.25. The van der Waals surface area contributed by atoms with E-state index in [-0.39, 0.29) is 47.8 Å². The molecule has 7 heteroatoms. The van der Waals surface area contributed by atoms with Crippen LogP contribution in [0.15, 0.2) is 23.0 Å². The minimum absolute atomic E-state index is 0.00826. The van der Waals surface area contributed by atoms with E-state index in [2.05, 4.69) is 11.4 Å². The Labute approximate surface area is 182 Å². The molecule has 2 N–H and O–H groups in total. The molecule has 31 heavy (non-hydrogen) atoms. The molecule has 2 fully saturated rings. The predicted molar refractivity (Wildman–Crippen MR) is 116 cm³/mol. The van der Waals surface area contributed by atoms with Crippen LogP contribution in [0.5, 0.6) is 0 Å². The topological polar surface area (TPSA) is 91.6 Å². The lowest BCUT2D eigenvalue weighted by Crippen LogP contribution is -2.51. The standard InChI is InChI=1S/C24H31N3O4/c1-2-11-25-22(29)21-18(13-28)17-12-26-19(20(17)27(21)23(30)15-7-8-15)10-9-16(24(26)31)14-5-3-4-6-14/h5,9-10,15,17-18,20-21,28H,2-4,6-8,11-13H2,1H3,(H,25,29)/t17-,18-,20+,21-/m0/s1. The monoisotopic (exact) mass is 425 g/mol. The van der Waals surface area contributed by atoms with Crippen LogP contribution in [0.3, 0.4) is 0 Å². The lowest BCUT2D eigenvalue weighted by molar-refractivity contribution is -0.142. The molecule has 4 atom stereocenters. The lowest BCUT2D eigenvalue weighted by atomic mass is 9.88. The normalized spacial score (nSPS) is 29.0. The average Bonchev–Trinajstić information content (AvgIpc) is 3.20. The fourth-order valence-electron chi connectivity index (χ4n) is 5.78. The molecule has 1 aromatic rings. The van der Waals surface area contributed by atoms with Gasteiger partial charge in [0.2, 0.25) is 11.8 Å². The Hall–Kier alpha value is -2.41. The quantitative estimate of drug-likeness (QED) is 0.728. The van der Waals surface area contributed by atoms with E-state index < -0.39 is 6.04 Å². The number of aromatic nitrogens is 1. The first kappa shape index (κ1) is 20.5. The molecule has 0 bridgehead atoms. The molecule has 0 unspecified atom stereocenters. The number of nitrogens with zero attached hydrogens (tertiary/aromatic N) is 2. The molecule has 4 aliphatic rings. The van der Waals surface area contributed by atoms with Crippen LogP contribution in [0.1, 0.15) is 62.7 Å². The van der Waals surface area contributed by atoms with Crippen molar-refractivity contribution >= 4 is 17.4 Å². The number of nitrogens with one attached hydrogen (secondary N) is 1. The molecule has 0 spiro atoms. The van der Waals surface area contributed by atoms with E-state index in [0.717, 1.165) is 55.4 Å². The fourth-order valence-corrected chi connectivity index (χ4v) is 5.78. The number of hydrogen-bond acceptors (Lipinski definition) is 4. The number of rotatable bonds is 6. The summed E-state index contributed by atoms with van der Waals surface area (Å²) in [7, 11) is 0. The third-order valence-electron chi connectivity index (χ3n) is 7.46. The number of aliphatic hydroxyl groups is 1. The Balaban J connectivity index is 1.56. The molecule has 1 aromatic heterocycles. The highest BCUT2D eigenvalue weighted by molar-refractivity contribution is 5.91. The van der Waals surface area contributed by atoms with Crippen LogP contribution < -0.4 is 10.9 Å². The minimum Gasteiger partial charge on any atom is -0.396 e. The number of hydrogen-bond donors (Lipinski definition) is 2. The highest BCUT2D eigenvalue weighted by Gasteiger charge is 2.58. The van der Waals surface area contributed by atoms with Crippen LogP contribution in [0.4, 0.5) is 0 Å². The summed E-state index contributed by atoms with van der Waals surface area (Å²) in [5.74, 6) is -0.746. The molecule has 1 saturated carbocycles. The summed E-state index contributed by atoms with van der Waals surface area (Å²) in [5, 5.41) is 13.2. The maximum atomic E-state index is 13.3. The molecule has 166 valence electrons. The number of carbonyl (C=O) groups excluding carboxylic acids is 2. The Morgan fingerprint density at radius 1 is 1.26 bits per heavy atom. The van der Waals surface area contributed by atoms with Crippen LogP contribution in [-0.4, -0.2) is 45.6 Å². The van der Waals surface area contributed by atoms with E-state index >= 15 is 0 Å². The zero-order valence-corrected chi connectivity index (χ0v) is 18.0. The first-order valence-electron chi connectivity index (χ1n) is 11.7. The van der Waals surface area contributed by atoms with Crippen LogP contribution in [0, 0.1) is 17.8 Å². The second-order valence-electron chi connectivity index (χ2n) is 9.42. The Morgan fingerprint density at radius 3 is 2.71 bits per heavy atom. The van der Waals surface area contributed by atoms with Crippen molar-refractivity contribution in [3.8, 4) is 0 Å². The van der Waals surface area contributed by atoms with E-state index in [9.17, 15) is 19.5 Å². The number of likely N-dealkylation sites (tertiary alicyclic amines) is 1. The Bertz CT molecular complexity index is 993. The average molecular weight is 426 g/mol. The summed E-state index contributed by atoms with van der Waals surface area (Å²) in [6.07, 6.45) is 7.65. The summed E-state index contributed by atoms with van der Waals surface area (Å²) in [4.78, 5) is 41.5. The molecular formula is C24H31N3O4. The largest absolute Gasteiger partial charge is 0.396 e. The maximum absolute atomic E-state index is 13.3. The number of fused-ring (bicyclic) bond motifs is 3. The molecule has 2 aliphatic carbocycles. The van der Waals surface area contributed by atoms with Crippen molar-refractivity contribution in [3.05, 3.63) is 39.8 Å². The molecule has 5 rings (SSSR count). The first-order valence-corrected chi connectivity index (χ1v) is 11.7. The van der Waals surface area contributed by atoms with Gasteiger partial charge in [0.25, 0.3) is 5.56 Å². The van der Waals surface area contributed by atoms with E-state index in [0.29, 0.717) is 13.1 Å². The van der Waals surface area contributed by atoms with Crippen molar-refractivity contribution in [2.75, 3.05) is 13.2 Å². The number of carbonyl (C=O) groups is 2. The third-order valence-corrected chi connectivity index (χ3v) is 7.46. The van der Waals surface area contributed by atoms with E-state index in [1.165, 1.54) is 0 Å². The zero-order chi connectivity index (χ0) is 21.7. The van der Waals surface area contributed by atoms with Crippen molar-refractivity contribution in [2.24, 2.45) is 17.8 Å². The van der Waals surface area contributed by atoms with Crippen molar-refractivity contribution < 1.29 is 14.7 Å². The second kappa shape index (κ2) is 7.93. The van der Waals surface area contributed by atoms with E-state index in [1.54, 1.807) is 9.47 Å². The second-order valence-corrected chi connectivity index (χ2v) is 9.42. The molecule has 3 heterocycles. The van der Waals surface area contributed by atoms with Crippen LogP contribution >= 0.6 is 0 Å². The van der Waals surface area contributed by atoms with Gasteiger partial charge in [-0.15, -0.1) is 0 Å². The molecule has 0 aromatic carbocycles. The number of allylic oxidation sites excluding steroid dienone is 2. The number of pyridine rings is 1. The SMILES string of the molecule is CCCNC(=O)[C@@H]1[C@@H](CO)[C@@H]2Cn3c(ccc(C4=CCCC4)c3=O)[C@@H]2N1C(=O)C1CC1. The summed E-state index contributed by atoms with van der Waals surface area (Å²) < 4.78 is 1.79. The van der Waals surface area contributed by atoms with E-state index in [4.69, 9.17) is 0 Å². The van der Waals surface area contributed by atoms with E-state index in [1.807, 2.05) is 19.1 Å². The van der Waals surface area contributed by atoms with Crippen molar-refractivity contribution in [3.63, 3.8) is 0 Å². The van der Waals surface area contributed by atoms with Gasteiger partial charge in [-0.2, -0.15) is 0 Å². The highest BCUT2D eigenvalue weighted by atomic mass is 16.3. The summed E-state index contributed by atoms with van der Waals surface area (Å²) in [6.45, 7) is 2.79. The number of amides is 2. The van der Waals surface area contributed by atoms with Gasteiger partial charge in [0.15, 0.2) is 0 Å². The van der Waals surface area contributed by atoms with Gasteiger partial charge >= 0.3 is 0 Å². The maximum Gasteiger partial charge on any atom is 0.258 e. The van der Waals surface area contributed by atoms with Gasteiger partial charge in [-0.05, 0) is 56.2 Å². The lowest BCUT2D eigenvalue weighted by Gasteiger charge is -2.31. The molecule has 1 saturated heterocycles. The molecular weight excluding hydrogens is 394 g/mol. The smallest absolute Gasteiger partial charge is 0.258 e. The first-order chi connectivity index (χ1) is 15.1. The van der Waals surface area contributed by atoms with Crippen LogP contribution in [0.25, 0.3) is 5.57 Å². The Kier molecular flexibility index (Phi) is 5.24. The van der Waals surface area contributed by atoms with Crippen molar-refractivity contribution in [1.82, 2.24) is 14.8 Å². The fraction of sp³-hybridized carbons (Fsp3) is 0.625. The van der Waals surface area contributed by atoms with Gasteiger partial charge in [-0.25, -0.2) is 0 Å². The van der Waals surface area contributed by atoms with Gasteiger partial charge in [-0.3, -0.25) is 14.4 Å². The van der Waals surface area contributed by atoms with Crippen molar-refractivity contribution in [1.29, 1.82) is 0 Å². The van der Waals surface area contributed by atoms with Gasteiger partial charge in [0.05, 0.1) is 6.04 Å². The minimum atomic E-state index is -0.680. The summed E-state index contributed by atoms with van der Waals surface area (Å²) in [5.41, 5.74) is 2.65. The number of aliphatic hydroxyl groups excluding tert-OH is 1.